The zero-order valence-electron chi connectivity index (χ0n) is 11.3. The zero-order valence-corrected chi connectivity index (χ0v) is 12.2. The lowest BCUT2D eigenvalue weighted by Gasteiger charge is -2.13. The Morgan fingerprint density at radius 1 is 1.24 bits per heavy atom. The Morgan fingerprint density at radius 3 is 2.62 bits per heavy atom. The van der Waals surface area contributed by atoms with E-state index in [1.54, 1.807) is 25.1 Å². The van der Waals surface area contributed by atoms with E-state index < -0.39 is 20.7 Å². The number of nitrogens with one attached hydrogen (secondary N) is 1. The van der Waals surface area contributed by atoms with Crippen LogP contribution in [-0.4, -0.2) is 15.0 Å². The summed E-state index contributed by atoms with van der Waals surface area (Å²) >= 11 is 0. The number of rotatable bonds is 5. The van der Waals surface area contributed by atoms with E-state index in [-0.39, 0.29) is 11.4 Å². The van der Waals surface area contributed by atoms with Crippen molar-refractivity contribution in [2.45, 2.75) is 11.8 Å². The summed E-state index contributed by atoms with van der Waals surface area (Å²) in [5.41, 5.74) is 5.81. The summed E-state index contributed by atoms with van der Waals surface area (Å²) in [5, 5.41) is 0. The van der Waals surface area contributed by atoms with Crippen LogP contribution in [0.15, 0.2) is 47.4 Å². The van der Waals surface area contributed by atoms with Crippen LogP contribution in [0, 0.1) is 5.82 Å². The molecule has 0 aliphatic carbocycles. The van der Waals surface area contributed by atoms with Crippen molar-refractivity contribution in [1.82, 2.24) is 0 Å². The molecule has 0 bridgehead atoms. The van der Waals surface area contributed by atoms with Crippen LogP contribution in [0.5, 0.6) is 5.75 Å². The average molecular weight is 310 g/mol. The number of hydrogen-bond acceptors (Lipinski definition) is 4. The molecule has 0 radical (unpaired) electrons. The largest absolute Gasteiger partial charge is 0.492 e. The number of nitrogens with two attached hydrogens (primary N) is 1. The van der Waals surface area contributed by atoms with E-state index in [0.717, 1.165) is 12.1 Å². The fourth-order valence-corrected chi connectivity index (χ4v) is 2.90. The fraction of sp³-hybridized carbons (Fsp3) is 0.143. The van der Waals surface area contributed by atoms with Crippen molar-refractivity contribution in [3.63, 3.8) is 0 Å². The lowest BCUT2D eigenvalue weighted by Crippen LogP contribution is -2.15. The highest BCUT2D eigenvalue weighted by atomic mass is 32.2. The van der Waals surface area contributed by atoms with Crippen molar-refractivity contribution in [1.29, 1.82) is 0 Å². The molecule has 3 N–H and O–H groups in total. The van der Waals surface area contributed by atoms with E-state index >= 15 is 0 Å². The number of nitrogen functional groups attached to an aromatic ring is 1. The number of anilines is 2. The first-order valence-corrected chi connectivity index (χ1v) is 7.72. The van der Waals surface area contributed by atoms with Gasteiger partial charge in [0.1, 0.15) is 16.5 Å². The summed E-state index contributed by atoms with van der Waals surface area (Å²) in [7, 11) is -4.06. The number of halogens is 1. The molecule has 0 heterocycles. The van der Waals surface area contributed by atoms with Crippen molar-refractivity contribution >= 4 is 21.4 Å². The molecule has 0 aromatic heterocycles. The minimum atomic E-state index is -4.06. The normalized spacial score (nSPS) is 11.1. The third-order valence-electron chi connectivity index (χ3n) is 2.68. The molecule has 0 aliphatic rings. The Bertz CT molecular complexity index is 748. The molecule has 0 aliphatic heterocycles. The second kappa shape index (κ2) is 6.01. The molecular formula is C14H15FN2O3S. The maximum absolute atomic E-state index is 13.8. The third-order valence-corrected chi connectivity index (χ3v) is 4.08. The second-order valence-electron chi connectivity index (χ2n) is 4.22. The van der Waals surface area contributed by atoms with E-state index in [9.17, 15) is 12.8 Å². The van der Waals surface area contributed by atoms with Gasteiger partial charge in [0.05, 0.1) is 12.3 Å². The van der Waals surface area contributed by atoms with Gasteiger partial charge in [-0.05, 0) is 37.3 Å². The van der Waals surface area contributed by atoms with Crippen molar-refractivity contribution in [3.05, 3.63) is 48.3 Å². The van der Waals surface area contributed by atoms with Crippen LogP contribution in [0.1, 0.15) is 6.92 Å². The maximum Gasteiger partial charge on any atom is 0.264 e. The molecule has 0 fully saturated rings. The first-order chi connectivity index (χ1) is 9.94. The van der Waals surface area contributed by atoms with Gasteiger partial charge in [-0.1, -0.05) is 12.1 Å². The molecule has 0 atom stereocenters. The quantitative estimate of drug-likeness (QED) is 0.832. The molecule has 0 unspecified atom stereocenters. The molecular weight excluding hydrogens is 295 g/mol. The van der Waals surface area contributed by atoms with Crippen LogP contribution in [0.25, 0.3) is 0 Å². The third kappa shape index (κ3) is 3.43. The van der Waals surface area contributed by atoms with Crippen LogP contribution in [0.3, 0.4) is 0 Å². The van der Waals surface area contributed by atoms with Gasteiger partial charge in [-0.3, -0.25) is 4.72 Å². The van der Waals surface area contributed by atoms with E-state index in [1.165, 1.54) is 12.1 Å². The van der Waals surface area contributed by atoms with E-state index in [4.69, 9.17) is 10.5 Å². The highest BCUT2D eigenvalue weighted by Gasteiger charge is 2.20. The van der Waals surface area contributed by atoms with Gasteiger partial charge in [0, 0.05) is 5.69 Å². The minimum Gasteiger partial charge on any atom is -0.492 e. The summed E-state index contributed by atoms with van der Waals surface area (Å²) in [5.74, 6) is -0.532. The molecule has 0 spiro atoms. The molecule has 21 heavy (non-hydrogen) atoms. The van der Waals surface area contributed by atoms with Crippen molar-refractivity contribution < 1.29 is 17.5 Å². The number of ether oxygens (including phenoxy) is 1. The minimum absolute atomic E-state index is 0.154. The molecule has 0 saturated carbocycles. The standard InChI is InChI=1S/C14H15FN2O3S/c1-2-20-13-6-4-3-5-12(13)17-21(18,19)14-8-7-10(16)9-11(14)15/h3-9,17H,2,16H2,1H3. The first-order valence-electron chi connectivity index (χ1n) is 6.23. The van der Waals surface area contributed by atoms with Gasteiger partial charge >= 0.3 is 0 Å². The molecule has 112 valence electrons. The lowest BCUT2D eigenvalue weighted by atomic mass is 10.3. The van der Waals surface area contributed by atoms with Crippen LogP contribution in [0.4, 0.5) is 15.8 Å². The molecule has 7 heteroatoms. The van der Waals surface area contributed by atoms with Gasteiger partial charge in [-0.15, -0.1) is 0 Å². The van der Waals surface area contributed by atoms with E-state index in [1.807, 2.05) is 0 Å². The van der Waals surface area contributed by atoms with Gasteiger partial charge in [-0.2, -0.15) is 0 Å². The Morgan fingerprint density at radius 2 is 1.95 bits per heavy atom. The Balaban J connectivity index is 2.38. The Hall–Kier alpha value is -2.28. The fourth-order valence-electron chi connectivity index (χ4n) is 1.77. The SMILES string of the molecule is CCOc1ccccc1NS(=O)(=O)c1ccc(N)cc1F. The monoisotopic (exact) mass is 310 g/mol. The van der Waals surface area contributed by atoms with Gasteiger partial charge < -0.3 is 10.5 Å². The summed E-state index contributed by atoms with van der Waals surface area (Å²) in [6, 6.07) is 9.94. The number of hydrogen-bond donors (Lipinski definition) is 2. The molecule has 5 nitrogen and oxygen atoms in total. The predicted molar refractivity (Wildman–Crippen MR) is 79.2 cm³/mol. The van der Waals surface area contributed by atoms with Crippen molar-refractivity contribution in [3.8, 4) is 5.75 Å². The summed E-state index contributed by atoms with van der Waals surface area (Å²) in [6.07, 6.45) is 0. The summed E-state index contributed by atoms with van der Waals surface area (Å²) < 4.78 is 45.9. The molecule has 0 amide bonds. The van der Waals surface area contributed by atoms with Crippen LogP contribution in [-0.2, 0) is 10.0 Å². The molecule has 2 aromatic rings. The Kier molecular flexibility index (Phi) is 4.32. The van der Waals surface area contributed by atoms with Gasteiger partial charge in [-0.25, -0.2) is 12.8 Å². The summed E-state index contributed by atoms with van der Waals surface area (Å²) in [4.78, 5) is -0.469. The average Bonchev–Trinajstić information content (AvgIpc) is 2.40. The molecule has 2 aromatic carbocycles. The van der Waals surface area contributed by atoms with Gasteiger partial charge in [0.25, 0.3) is 10.0 Å². The van der Waals surface area contributed by atoms with E-state index in [2.05, 4.69) is 4.72 Å². The van der Waals surface area contributed by atoms with Crippen molar-refractivity contribution in [2.75, 3.05) is 17.1 Å². The van der Waals surface area contributed by atoms with Gasteiger partial charge in [0.2, 0.25) is 0 Å². The number of sulfonamides is 1. The first kappa shape index (κ1) is 15.1. The zero-order chi connectivity index (χ0) is 15.5. The van der Waals surface area contributed by atoms with Crippen LogP contribution >= 0.6 is 0 Å². The number of para-hydroxylation sites is 2. The smallest absolute Gasteiger partial charge is 0.264 e. The maximum atomic E-state index is 13.8. The second-order valence-corrected chi connectivity index (χ2v) is 5.88. The van der Waals surface area contributed by atoms with Crippen LogP contribution in [0.2, 0.25) is 0 Å². The highest BCUT2D eigenvalue weighted by molar-refractivity contribution is 7.92. The van der Waals surface area contributed by atoms with Gasteiger partial charge in [0.15, 0.2) is 0 Å². The number of benzene rings is 2. The van der Waals surface area contributed by atoms with Crippen molar-refractivity contribution in [2.24, 2.45) is 0 Å². The topological polar surface area (TPSA) is 81.4 Å². The Labute approximate surface area is 122 Å². The molecule has 0 saturated heterocycles. The van der Waals surface area contributed by atoms with E-state index in [0.29, 0.717) is 12.4 Å². The predicted octanol–water partition coefficient (Wildman–Crippen LogP) is 2.61. The lowest BCUT2D eigenvalue weighted by molar-refractivity contribution is 0.342. The van der Waals surface area contributed by atoms with Crippen LogP contribution < -0.4 is 15.2 Å². The molecule has 2 rings (SSSR count). The highest BCUT2D eigenvalue weighted by Crippen LogP contribution is 2.27. The summed E-state index contributed by atoms with van der Waals surface area (Å²) in [6.45, 7) is 2.17.